The van der Waals surface area contributed by atoms with Gasteiger partial charge in [-0.1, -0.05) is 36.9 Å². The van der Waals surface area contributed by atoms with E-state index >= 15 is 0 Å². The number of anilines is 1. The number of hydrogen-bond donors (Lipinski definition) is 2. The average molecular weight is 405 g/mol. The molecule has 1 fully saturated rings. The maximum absolute atomic E-state index is 12.9. The van der Waals surface area contributed by atoms with E-state index < -0.39 is 0 Å². The summed E-state index contributed by atoms with van der Waals surface area (Å²) in [6.07, 6.45) is 1.97. The van der Waals surface area contributed by atoms with Crippen molar-refractivity contribution in [2.45, 2.75) is 22.6 Å². The first-order chi connectivity index (χ1) is 13.2. The summed E-state index contributed by atoms with van der Waals surface area (Å²) in [5, 5.41) is 5.69. The molecule has 0 spiro atoms. The molecule has 0 aromatic heterocycles. The summed E-state index contributed by atoms with van der Waals surface area (Å²) < 4.78 is 0. The lowest BCUT2D eigenvalue weighted by Gasteiger charge is -2.35. The van der Waals surface area contributed by atoms with Gasteiger partial charge in [0.25, 0.3) is 11.8 Å². The molecule has 2 N–H and O–H groups in total. The van der Waals surface area contributed by atoms with E-state index in [1.165, 1.54) is 11.8 Å². The predicted octanol–water partition coefficient (Wildman–Crippen LogP) is 1.81. The van der Waals surface area contributed by atoms with E-state index in [0.717, 1.165) is 54.6 Å². The highest BCUT2D eigenvalue weighted by atomic mass is 32.2. The maximum atomic E-state index is 12.9. The largest absolute Gasteiger partial charge is 0.364 e. The van der Waals surface area contributed by atoms with Crippen molar-refractivity contribution in [2.24, 2.45) is 0 Å². The second kappa shape index (κ2) is 8.16. The molecule has 8 heteroatoms. The summed E-state index contributed by atoms with van der Waals surface area (Å²) in [7, 11) is 0. The number of amides is 2. The quantitative estimate of drug-likeness (QED) is 0.798. The maximum Gasteiger partial charge on any atom is 0.254 e. The van der Waals surface area contributed by atoms with Crippen molar-refractivity contribution < 1.29 is 9.59 Å². The fourth-order valence-electron chi connectivity index (χ4n) is 3.51. The highest BCUT2D eigenvalue weighted by Gasteiger charge is 2.34. The molecule has 3 heterocycles. The molecule has 144 valence electrons. The zero-order chi connectivity index (χ0) is 18.8. The Hall–Kier alpha value is -1.64. The second-order valence-corrected chi connectivity index (χ2v) is 9.03. The van der Waals surface area contributed by atoms with E-state index in [0.29, 0.717) is 0 Å². The van der Waals surface area contributed by atoms with Crippen molar-refractivity contribution in [1.29, 1.82) is 0 Å². The Morgan fingerprint density at radius 3 is 2.74 bits per heavy atom. The van der Waals surface area contributed by atoms with Gasteiger partial charge in [-0.3, -0.25) is 9.59 Å². The Morgan fingerprint density at radius 1 is 1.22 bits per heavy atom. The monoisotopic (exact) mass is 404 g/mol. The molecule has 0 aliphatic carbocycles. The first-order valence-corrected chi connectivity index (χ1v) is 11.2. The minimum absolute atomic E-state index is 0.0661. The van der Waals surface area contributed by atoms with Crippen LogP contribution in [0.5, 0.6) is 0 Å². The zero-order valence-electron chi connectivity index (χ0n) is 15.3. The Morgan fingerprint density at radius 2 is 2.00 bits per heavy atom. The molecule has 1 saturated heterocycles. The lowest BCUT2D eigenvalue weighted by molar-refractivity contribution is -0.129. The van der Waals surface area contributed by atoms with Crippen LogP contribution in [-0.4, -0.2) is 70.8 Å². The van der Waals surface area contributed by atoms with Crippen LogP contribution in [0.3, 0.4) is 0 Å². The van der Waals surface area contributed by atoms with Gasteiger partial charge in [0.2, 0.25) is 0 Å². The van der Waals surface area contributed by atoms with E-state index in [2.05, 4.69) is 22.5 Å². The number of nitrogens with one attached hydrogen (secondary N) is 2. The first kappa shape index (κ1) is 18.7. The van der Waals surface area contributed by atoms with E-state index in [9.17, 15) is 9.59 Å². The fraction of sp³-hybridized carbons (Fsp3) is 0.474. The van der Waals surface area contributed by atoms with Crippen LogP contribution < -0.4 is 10.6 Å². The standard InChI is InChI=1S/C19H24N4O2S2/c1-2-22-8-10-23(11-9-22)19(25)13-7-12-26-17(13)21-16(24)18-20-14-5-3-4-6-15(14)27-18/h3-7,17-18,20H,2,8-12H2,1H3,(H,21,24). The van der Waals surface area contributed by atoms with Crippen molar-refractivity contribution in [3.05, 3.63) is 35.9 Å². The molecule has 0 bridgehead atoms. The van der Waals surface area contributed by atoms with Crippen LogP contribution in [-0.2, 0) is 9.59 Å². The molecule has 27 heavy (non-hydrogen) atoms. The van der Waals surface area contributed by atoms with Crippen LogP contribution in [0.2, 0.25) is 0 Å². The van der Waals surface area contributed by atoms with Gasteiger partial charge in [0.05, 0.1) is 0 Å². The third-order valence-electron chi connectivity index (χ3n) is 5.13. The highest BCUT2D eigenvalue weighted by molar-refractivity contribution is 8.01. The number of piperazine rings is 1. The number of thioether (sulfide) groups is 2. The number of fused-ring (bicyclic) bond motifs is 1. The Balaban J connectivity index is 1.35. The van der Waals surface area contributed by atoms with Crippen molar-refractivity contribution in [1.82, 2.24) is 15.1 Å². The van der Waals surface area contributed by atoms with Gasteiger partial charge in [-0.25, -0.2) is 0 Å². The van der Waals surface area contributed by atoms with Gasteiger partial charge < -0.3 is 20.4 Å². The number of benzene rings is 1. The smallest absolute Gasteiger partial charge is 0.254 e. The summed E-state index contributed by atoms with van der Waals surface area (Å²) >= 11 is 3.11. The van der Waals surface area contributed by atoms with Crippen LogP contribution >= 0.6 is 23.5 Å². The summed E-state index contributed by atoms with van der Waals surface area (Å²) in [6.45, 7) is 6.51. The van der Waals surface area contributed by atoms with E-state index in [-0.39, 0.29) is 22.6 Å². The van der Waals surface area contributed by atoms with Gasteiger partial charge in [0.1, 0.15) is 5.37 Å². The summed E-state index contributed by atoms with van der Waals surface area (Å²) in [6, 6.07) is 7.91. The molecule has 3 aliphatic heterocycles. The molecule has 2 unspecified atom stereocenters. The highest BCUT2D eigenvalue weighted by Crippen LogP contribution is 2.38. The van der Waals surface area contributed by atoms with Crippen LogP contribution in [0.4, 0.5) is 5.69 Å². The van der Waals surface area contributed by atoms with Gasteiger partial charge in [0, 0.05) is 48.1 Å². The Labute approximate surface area is 168 Å². The number of likely N-dealkylation sites (N-methyl/N-ethyl adjacent to an activating group) is 1. The van der Waals surface area contributed by atoms with Gasteiger partial charge >= 0.3 is 0 Å². The Bertz CT molecular complexity index is 737. The lowest BCUT2D eigenvalue weighted by Crippen LogP contribution is -2.50. The molecule has 2 amide bonds. The van der Waals surface area contributed by atoms with Crippen molar-refractivity contribution in [3.63, 3.8) is 0 Å². The molecular weight excluding hydrogens is 380 g/mol. The van der Waals surface area contributed by atoms with E-state index in [4.69, 9.17) is 0 Å². The number of hydrogen-bond acceptors (Lipinski definition) is 6. The topological polar surface area (TPSA) is 64.7 Å². The van der Waals surface area contributed by atoms with Crippen LogP contribution in [0.1, 0.15) is 6.92 Å². The summed E-state index contributed by atoms with van der Waals surface area (Å²) in [5.74, 6) is 0.744. The molecule has 1 aromatic rings. The normalized spacial score (nSPS) is 24.9. The summed E-state index contributed by atoms with van der Waals surface area (Å²) in [4.78, 5) is 31.0. The lowest BCUT2D eigenvalue weighted by atomic mass is 10.2. The molecule has 2 atom stereocenters. The minimum atomic E-state index is -0.354. The third kappa shape index (κ3) is 3.97. The number of carbonyl (C=O) groups is 2. The SMILES string of the molecule is CCN1CCN(C(=O)C2=CCSC2NC(=O)C2Nc3ccccc3S2)CC1. The second-order valence-electron chi connectivity index (χ2n) is 6.75. The molecule has 1 aromatic carbocycles. The van der Waals surface area contributed by atoms with Gasteiger partial charge in [0.15, 0.2) is 5.37 Å². The van der Waals surface area contributed by atoms with Crippen molar-refractivity contribution in [3.8, 4) is 0 Å². The number of nitrogens with zero attached hydrogens (tertiary/aromatic N) is 2. The number of rotatable bonds is 4. The molecule has 6 nitrogen and oxygen atoms in total. The first-order valence-electron chi connectivity index (χ1n) is 9.31. The van der Waals surface area contributed by atoms with Gasteiger partial charge in [-0.2, -0.15) is 0 Å². The minimum Gasteiger partial charge on any atom is -0.364 e. The van der Waals surface area contributed by atoms with Crippen molar-refractivity contribution in [2.75, 3.05) is 43.8 Å². The van der Waals surface area contributed by atoms with Crippen molar-refractivity contribution >= 4 is 41.0 Å². The fourth-order valence-corrected chi connectivity index (χ4v) is 5.58. The van der Waals surface area contributed by atoms with Gasteiger partial charge in [-0.15, -0.1) is 11.8 Å². The molecule has 3 aliphatic rings. The van der Waals surface area contributed by atoms with E-state index in [1.807, 2.05) is 35.2 Å². The molecular formula is C19H24N4O2S2. The average Bonchev–Trinajstić information content (AvgIpc) is 3.34. The Kier molecular flexibility index (Phi) is 5.66. The van der Waals surface area contributed by atoms with Crippen LogP contribution in [0.15, 0.2) is 40.8 Å². The molecule has 4 rings (SSSR count). The molecule has 0 radical (unpaired) electrons. The zero-order valence-corrected chi connectivity index (χ0v) is 16.9. The third-order valence-corrected chi connectivity index (χ3v) is 7.37. The summed E-state index contributed by atoms with van der Waals surface area (Å²) in [5.41, 5.74) is 1.71. The predicted molar refractivity (Wildman–Crippen MR) is 111 cm³/mol. The van der Waals surface area contributed by atoms with Gasteiger partial charge in [-0.05, 0) is 18.7 Å². The van der Waals surface area contributed by atoms with Crippen LogP contribution in [0, 0.1) is 0 Å². The van der Waals surface area contributed by atoms with Crippen LogP contribution in [0.25, 0.3) is 0 Å². The van der Waals surface area contributed by atoms with E-state index in [1.54, 1.807) is 11.8 Å². The number of carbonyl (C=O) groups excluding carboxylic acids is 2. The molecule has 0 saturated carbocycles. The number of para-hydroxylation sites is 1.